The molecule has 0 aliphatic carbocycles. The van der Waals surface area contributed by atoms with Crippen LogP contribution >= 0.6 is 11.6 Å². The molecule has 0 fully saturated rings. The lowest BCUT2D eigenvalue weighted by Crippen LogP contribution is -2.18. The third-order valence-corrected chi connectivity index (χ3v) is 6.46. The Labute approximate surface area is 191 Å². The van der Waals surface area contributed by atoms with Gasteiger partial charge in [-0.3, -0.25) is 9.78 Å². The van der Waals surface area contributed by atoms with Crippen LogP contribution in [0.2, 0.25) is 5.02 Å². The largest absolute Gasteiger partial charge is 0.354 e. The van der Waals surface area contributed by atoms with E-state index in [0.29, 0.717) is 52.1 Å². The number of sulfone groups is 1. The number of fused-ring (bicyclic) bond motifs is 1. The van der Waals surface area contributed by atoms with Crippen molar-refractivity contribution in [3.8, 4) is 0 Å². The van der Waals surface area contributed by atoms with E-state index in [4.69, 9.17) is 16.6 Å². The monoisotopic (exact) mass is 471 g/mol. The molecule has 0 saturated heterocycles. The van der Waals surface area contributed by atoms with Crippen molar-refractivity contribution in [2.75, 3.05) is 18.6 Å². The van der Waals surface area contributed by atoms with Crippen LogP contribution < -0.4 is 5.32 Å². The molecule has 0 radical (unpaired) electrons. The summed E-state index contributed by atoms with van der Waals surface area (Å²) < 4.78 is 24.6. The molecule has 0 saturated carbocycles. The van der Waals surface area contributed by atoms with E-state index in [1.54, 1.807) is 30.1 Å². The summed E-state index contributed by atoms with van der Waals surface area (Å²) >= 11 is 6.03. The number of benzene rings is 1. The number of nitrogens with one attached hydrogen (secondary N) is 1. The number of halogens is 1. The lowest BCUT2D eigenvalue weighted by atomic mass is 10.1. The maximum absolute atomic E-state index is 12.8. The number of carbonyl (C=O) groups is 1. The summed E-state index contributed by atoms with van der Waals surface area (Å²) in [6.45, 7) is 4.11. The molecule has 0 unspecified atom stereocenters. The smallest absolute Gasteiger partial charge is 0.257 e. The summed E-state index contributed by atoms with van der Waals surface area (Å²) in [5.74, 6) is 0.499. The molecular formula is C22H22ClN5O3S. The average molecular weight is 472 g/mol. The Kier molecular flexibility index (Phi) is 5.64. The van der Waals surface area contributed by atoms with E-state index in [0.717, 1.165) is 17.6 Å². The van der Waals surface area contributed by atoms with Gasteiger partial charge in [0.25, 0.3) is 5.91 Å². The van der Waals surface area contributed by atoms with Crippen molar-refractivity contribution in [1.82, 2.24) is 19.9 Å². The molecule has 2 aromatic heterocycles. The van der Waals surface area contributed by atoms with Gasteiger partial charge in [-0.25, -0.2) is 18.4 Å². The highest BCUT2D eigenvalue weighted by atomic mass is 35.5. The van der Waals surface area contributed by atoms with Crippen LogP contribution in [0.1, 0.15) is 39.0 Å². The fourth-order valence-electron chi connectivity index (χ4n) is 3.81. The first kappa shape index (κ1) is 22.2. The van der Waals surface area contributed by atoms with Gasteiger partial charge in [-0.1, -0.05) is 11.6 Å². The molecule has 166 valence electrons. The summed E-state index contributed by atoms with van der Waals surface area (Å²) in [5.41, 5.74) is 4.29. The maximum Gasteiger partial charge on any atom is 0.257 e. The van der Waals surface area contributed by atoms with Gasteiger partial charge in [-0.05, 0) is 44.2 Å². The fourth-order valence-corrected chi connectivity index (χ4v) is 4.90. The van der Waals surface area contributed by atoms with Crippen LogP contribution in [0.15, 0.2) is 35.2 Å². The van der Waals surface area contributed by atoms with Gasteiger partial charge < -0.3 is 10.2 Å². The first-order valence-corrected chi connectivity index (χ1v) is 12.1. The van der Waals surface area contributed by atoms with Crippen molar-refractivity contribution in [2.45, 2.75) is 31.7 Å². The third kappa shape index (κ3) is 4.44. The number of rotatable bonds is 5. The number of amides is 1. The van der Waals surface area contributed by atoms with E-state index in [-0.39, 0.29) is 10.8 Å². The molecule has 1 N–H and O–H groups in total. The molecule has 1 amide bonds. The SMILES string of the molecule is Cc1cc(Cc2cc(Nc3ccc(Cl)cc3S(C)(=O)=O)c3c(n2)CN(C)C3=O)nc(C)n1. The number of aryl methyl sites for hydroxylation is 2. The molecule has 3 heterocycles. The van der Waals surface area contributed by atoms with Gasteiger partial charge in [0.05, 0.1) is 39.8 Å². The topological polar surface area (TPSA) is 105 Å². The standard InChI is InChI=1S/C22H22ClN5O3S/c1-12-7-15(25-13(2)24-12)9-16-10-18(21-19(26-16)11-28(3)22(21)29)27-17-6-5-14(23)8-20(17)32(4,30)31/h5-8,10H,9,11H2,1-4H3,(H,26,27). The average Bonchev–Trinajstić information content (AvgIpc) is 2.95. The molecule has 1 aromatic carbocycles. The van der Waals surface area contributed by atoms with Crippen molar-refractivity contribution in [2.24, 2.45) is 0 Å². The van der Waals surface area contributed by atoms with Crippen LogP contribution in [0.3, 0.4) is 0 Å². The normalized spacial score (nSPS) is 13.4. The fraction of sp³-hybridized carbons (Fsp3) is 0.273. The lowest BCUT2D eigenvalue weighted by molar-refractivity contribution is 0.0817. The van der Waals surface area contributed by atoms with E-state index < -0.39 is 9.84 Å². The summed E-state index contributed by atoms with van der Waals surface area (Å²) in [5, 5.41) is 3.46. The van der Waals surface area contributed by atoms with Crippen LogP contribution in [-0.2, 0) is 22.8 Å². The Bertz CT molecular complexity index is 1340. The number of carbonyl (C=O) groups excluding carboxylic acids is 1. The molecule has 4 rings (SSSR count). The molecular weight excluding hydrogens is 450 g/mol. The Hall–Kier alpha value is -3.04. The van der Waals surface area contributed by atoms with Crippen LogP contribution in [0.4, 0.5) is 11.4 Å². The molecule has 1 aliphatic heterocycles. The summed E-state index contributed by atoms with van der Waals surface area (Å²) in [6.07, 6.45) is 1.56. The van der Waals surface area contributed by atoms with Crippen LogP contribution in [0.25, 0.3) is 0 Å². The number of aromatic nitrogens is 3. The molecule has 0 bridgehead atoms. The van der Waals surface area contributed by atoms with Crippen molar-refractivity contribution in [3.63, 3.8) is 0 Å². The van der Waals surface area contributed by atoms with Gasteiger partial charge in [-0.2, -0.15) is 0 Å². The highest BCUT2D eigenvalue weighted by Crippen LogP contribution is 2.34. The van der Waals surface area contributed by atoms with Gasteiger partial charge in [0, 0.05) is 36.1 Å². The lowest BCUT2D eigenvalue weighted by Gasteiger charge is -2.15. The van der Waals surface area contributed by atoms with E-state index in [1.807, 2.05) is 19.9 Å². The zero-order valence-electron chi connectivity index (χ0n) is 18.1. The molecule has 8 nitrogen and oxygen atoms in total. The molecule has 1 aliphatic rings. The Morgan fingerprint density at radius 1 is 1.06 bits per heavy atom. The van der Waals surface area contributed by atoms with Crippen LogP contribution in [-0.4, -0.2) is 47.5 Å². The van der Waals surface area contributed by atoms with Crippen molar-refractivity contribution in [3.05, 3.63) is 69.5 Å². The zero-order chi connectivity index (χ0) is 23.2. The van der Waals surface area contributed by atoms with E-state index in [1.165, 1.54) is 6.07 Å². The second-order valence-electron chi connectivity index (χ2n) is 7.91. The highest BCUT2D eigenvalue weighted by Gasteiger charge is 2.30. The minimum absolute atomic E-state index is 0.0537. The second kappa shape index (κ2) is 8.14. The van der Waals surface area contributed by atoms with E-state index in [2.05, 4.69) is 15.3 Å². The Balaban J connectivity index is 1.81. The highest BCUT2D eigenvalue weighted by molar-refractivity contribution is 7.90. The van der Waals surface area contributed by atoms with Crippen LogP contribution in [0.5, 0.6) is 0 Å². The minimum Gasteiger partial charge on any atom is -0.354 e. The first-order chi connectivity index (χ1) is 15.0. The first-order valence-electron chi connectivity index (χ1n) is 9.87. The number of nitrogens with zero attached hydrogens (tertiary/aromatic N) is 4. The van der Waals surface area contributed by atoms with Crippen molar-refractivity contribution in [1.29, 1.82) is 0 Å². The number of pyridine rings is 1. The van der Waals surface area contributed by atoms with Gasteiger partial charge in [-0.15, -0.1) is 0 Å². The summed E-state index contributed by atoms with van der Waals surface area (Å²) in [7, 11) is -1.85. The molecule has 10 heteroatoms. The molecule has 0 spiro atoms. The van der Waals surface area contributed by atoms with Gasteiger partial charge in [0.15, 0.2) is 9.84 Å². The minimum atomic E-state index is -3.56. The summed E-state index contributed by atoms with van der Waals surface area (Å²) in [4.78, 5) is 27.9. The quantitative estimate of drug-likeness (QED) is 0.607. The van der Waals surface area contributed by atoms with Gasteiger partial charge in [0.1, 0.15) is 5.82 Å². The predicted molar refractivity (Wildman–Crippen MR) is 122 cm³/mol. The Morgan fingerprint density at radius 2 is 1.78 bits per heavy atom. The van der Waals surface area contributed by atoms with Crippen molar-refractivity contribution < 1.29 is 13.2 Å². The van der Waals surface area contributed by atoms with Crippen molar-refractivity contribution >= 4 is 38.7 Å². The third-order valence-electron chi connectivity index (χ3n) is 5.09. The zero-order valence-corrected chi connectivity index (χ0v) is 19.7. The summed E-state index contributed by atoms with van der Waals surface area (Å²) in [6, 6.07) is 8.24. The Morgan fingerprint density at radius 3 is 2.47 bits per heavy atom. The van der Waals surface area contributed by atoms with Crippen LogP contribution in [0, 0.1) is 13.8 Å². The molecule has 32 heavy (non-hydrogen) atoms. The van der Waals surface area contributed by atoms with Gasteiger partial charge >= 0.3 is 0 Å². The molecule has 3 aromatic rings. The number of hydrogen-bond acceptors (Lipinski definition) is 7. The van der Waals surface area contributed by atoms with E-state index >= 15 is 0 Å². The predicted octanol–water partition coefficient (Wildman–Crippen LogP) is 3.47. The number of anilines is 2. The van der Waals surface area contributed by atoms with Gasteiger partial charge in [0.2, 0.25) is 0 Å². The maximum atomic E-state index is 12.8. The number of hydrogen-bond donors (Lipinski definition) is 1. The molecule has 0 atom stereocenters. The van der Waals surface area contributed by atoms with E-state index in [9.17, 15) is 13.2 Å². The second-order valence-corrected chi connectivity index (χ2v) is 10.3.